The number of nitrogens with zero attached hydrogens (tertiary/aromatic N) is 2. The van der Waals surface area contributed by atoms with Gasteiger partial charge in [0.1, 0.15) is 5.82 Å². The van der Waals surface area contributed by atoms with Gasteiger partial charge in [0, 0.05) is 11.3 Å². The second-order valence-corrected chi connectivity index (χ2v) is 6.27. The molecule has 0 aromatic carbocycles. The quantitative estimate of drug-likeness (QED) is 0.716. The molecule has 9 heteroatoms. The topological polar surface area (TPSA) is 114 Å². The van der Waals surface area contributed by atoms with Gasteiger partial charge in [0.05, 0.1) is 5.25 Å². The first-order valence-electron chi connectivity index (χ1n) is 5.75. The number of urea groups is 1. The molecule has 0 radical (unpaired) electrons. The minimum atomic E-state index is -0.865. The Morgan fingerprint density at radius 1 is 1.60 bits per heavy atom. The number of thiophene rings is 1. The maximum Gasteiger partial charge on any atom is 0.318 e. The number of H-pyrrole nitrogens is 1. The van der Waals surface area contributed by atoms with Crippen LogP contribution in [0.5, 0.6) is 0 Å². The van der Waals surface area contributed by atoms with E-state index in [9.17, 15) is 9.59 Å². The Morgan fingerprint density at radius 3 is 3.05 bits per heavy atom. The molecular weight excluding hydrogens is 298 g/mol. The number of amides is 3. The fourth-order valence-electron chi connectivity index (χ4n) is 1.42. The standard InChI is InChI=1S/C11H13N5O2S2/c1-6(9(17)14-10(12)18)20-11-13-8(15-16-11)5-7-3-2-4-19-7/h2-4,6H,5H2,1H3,(H,13,15,16)(H3,12,14,17,18). The Morgan fingerprint density at radius 2 is 2.40 bits per heavy atom. The van der Waals surface area contributed by atoms with Crippen LogP contribution >= 0.6 is 23.1 Å². The van der Waals surface area contributed by atoms with Gasteiger partial charge < -0.3 is 5.73 Å². The Hall–Kier alpha value is -1.87. The third kappa shape index (κ3) is 4.07. The summed E-state index contributed by atoms with van der Waals surface area (Å²) >= 11 is 2.80. The van der Waals surface area contributed by atoms with Gasteiger partial charge in [-0.1, -0.05) is 17.8 Å². The largest absolute Gasteiger partial charge is 0.351 e. The lowest BCUT2D eigenvalue weighted by molar-refractivity contribution is -0.119. The number of carbonyl (C=O) groups is 2. The summed E-state index contributed by atoms with van der Waals surface area (Å²) in [6.07, 6.45) is 0.674. The lowest BCUT2D eigenvalue weighted by Crippen LogP contribution is -2.39. The van der Waals surface area contributed by atoms with Gasteiger partial charge in [-0.25, -0.2) is 9.78 Å². The Labute approximate surface area is 123 Å². The minimum absolute atomic E-state index is 0.462. The van der Waals surface area contributed by atoms with Gasteiger partial charge in [-0.2, -0.15) is 0 Å². The molecule has 3 amide bonds. The van der Waals surface area contributed by atoms with E-state index in [2.05, 4.69) is 15.2 Å². The Bertz CT molecular complexity index is 596. The number of aromatic nitrogens is 3. The van der Waals surface area contributed by atoms with Crippen molar-refractivity contribution in [3.63, 3.8) is 0 Å². The molecule has 2 aromatic heterocycles. The molecular formula is C11H13N5O2S2. The molecule has 7 nitrogen and oxygen atoms in total. The van der Waals surface area contributed by atoms with Crippen LogP contribution in [0.15, 0.2) is 22.7 Å². The first kappa shape index (κ1) is 14.5. The highest BCUT2D eigenvalue weighted by Gasteiger charge is 2.18. The van der Waals surface area contributed by atoms with Crippen molar-refractivity contribution in [1.29, 1.82) is 0 Å². The number of primary amides is 1. The molecule has 2 rings (SSSR count). The molecule has 0 aliphatic rings. The number of hydrogen-bond donors (Lipinski definition) is 3. The second-order valence-electron chi connectivity index (χ2n) is 3.93. The number of nitrogens with two attached hydrogens (primary N) is 1. The zero-order chi connectivity index (χ0) is 14.5. The molecule has 4 N–H and O–H groups in total. The van der Waals surface area contributed by atoms with Crippen LogP contribution in [-0.4, -0.2) is 32.4 Å². The third-order valence-electron chi connectivity index (χ3n) is 2.33. The summed E-state index contributed by atoms with van der Waals surface area (Å²) in [6, 6.07) is 3.13. The Balaban J connectivity index is 1.92. The monoisotopic (exact) mass is 311 g/mol. The summed E-state index contributed by atoms with van der Waals surface area (Å²) < 4.78 is 0. The maximum atomic E-state index is 11.5. The molecule has 1 unspecified atom stereocenters. The first-order chi connectivity index (χ1) is 9.54. The van der Waals surface area contributed by atoms with Crippen LogP contribution in [0.3, 0.4) is 0 Å². The summed E-state index contributed by atoms with van der Waals surface area (Å²) in [7, 11) is 0. The van der Waals surface area contributed by atoms with Crippen molar-refractivity contribution in [2.24, 2.45) is 5.73 Å². The zero-order valence-corrected chi connectivity index (χ0v) is 12.3. The van der Waals surface area contributed by atoms with Crippen LogP contribution in [0.25, 0.3) is 0 Å². The summed E-state index contributed by atoms with van der Waals surface area (Å²) in [5.41, 5.74) is 4.89. The average Bonchev–Trinajstić information content (AvgIpc) is 3.01. The summed E-state index contributed by atoms with van der Waals surface area (Å²) in [5.74, 6) is 0.268. The predicted molar refractivity (Wildman–Crippen MR) is 76.6 cm³/mol. The fraction of sp³-hybridized carbons (Fsp3) is 0.273. The van der Waals surface area contributed by atoms with E-state index in [0.717, 1.165) is 17.6 Å². The van der Waals surface area contributed by atoms with E-state index in [-0.39, 0.29) is 0 Å². The minimum Gasteiger partial charge on any atom is -0.351 e. The highest BCUT2D eigenvalue weighted by atomic mass is 32.2. The molecule has 2 aromatic rings. The number of hydrogen-bond acceptors (Lipinski definition) is 6. The molecule has 0 bridgehead atoms. The molecule has 0 saturated carbocycles. The van der Waals surface area contributed by atoms with Crippen molar-refractivity contribution < 1.29 is 9.59 Å². The van der Waals surface area contributed by atoms with Crippen molar-refractivity contribution in [1.82, 2.24) is 20.5 Å². The molecule has 0 aliphatic heterocycles. The highest BCUT2D eigenvalue weighted by Crippen LogP contribution is 2.20. The average molecular weight is 311 g/mol. The van der Waals surface area contributed by atoms with Crippen molar-refractivity contribution in [3.05, 3.63) is 28.2 Å². The van der Waals surface area contributed by atoms with E-state index in [1.807, 2.05) is 22.8 Å². The molecule has 0 fully saturated rings. The van der Waals surface area contributed by atoms with E-state index >= 15 is 0 Å². The fourth-order valence-corrected chi connectivity index (χ4v) is 2.88. The molecule has 2 heterocycles. The maximum absolute atomic E-state index is 11.5. The zero-order valence-electron chi connectivity index (χ0n) is 10.6. The molecule has 106 valence electrons. The van der Waals surface area contributed by atoms with Gasteiger partial charge >= 0.3 is 6.03 Å². The second kappa shape index (κ2) is 6.53. The van der Waals surface area contributed by atoms with E-state index < -0.39 is 17.2 Å². The van der Waals surface area contributed by atoms with Gasteiger partial charge in [-0.15, -0.1) is 16.4 Å². The van der Waals surface area contributed by atoms with E-state index in [1.165, 1.54) is 4.88 Å². The highest BCUT2D eigenvalue weighted by molar-refractivity contribution is 8.00. The van der Waals surface area contributed by atoms with E-state index in [4.69, 9.17) is 5.73 Å². The van der Waals surface area contributed by atoms with Gasteiger partial charge in [0.25, 0.3) is 0 Å². The van der Waals surface area contributed by atoms with Crippen molar-refractivity contribution >= 4 is 35.0 Å². The lowest BCUT2D eigenvalue weighted by atomic mass is 10.3. The number of aromatic amines is 1. The molecule has 0 saturated heterocycles. The van der Waals surface area contributed by atoms with Gasteiger partial charge in [0.15, 0.2) is 0 Å². The van der Waals surface area contributed by atoms with E-state index in [0.29, 0.717) is 11.6 Å². The van der Waals surface area contributed by atoms with Crippen molar-refractivity contribution in [2.45, 2.75) is 23.8 Å². The normalized spacial score (nSPS) is 12.1. The number of nitrogens with one attached hydrogen (secondary N) is 2. The van der Waals surface area contributed by atoms with Crippen LogP contribution in [0.4, 0.5) is 4.79 Å². The summed E-state index contributed by atoms with van der Waals surface area (Å²) in [4.78, 5) is 27.6. The molecule has 0 aliphatic carbocycles. The molecule has 1 atom stereocenters. The third-order valence-corrected chi connectivity index (χ3v) is 4.17. The Kier molecular flexibility index (Phi) is 4.74. The van der Waals surface area contributed by atoms with Gasteiger partial charge in [-0.05, 0) is 18.4 Å². The van der Waals surface area contributed by atoms with Crippen LogP contribution in [0.2, 0.25) is 0 Å². The number of carbonyl (C=O) groups excluding carboxylic acids is 2. The van der Waals surface area contributed by atoms with E-state index in [1.54, 1.807) is 18.3 Å². The predicted octanol–water partition coefficient (Wildman–Crippen LogP) is 1.13. The van der Waals surface area contributed by atoms with Gasteiger partial charge in [-0.3, -0.25) is 15.2 Å². The smallest absolute Gasteiger partial charge is 0.318 e. The summed E-state index contributed by atoms with van der Waals surface area (Å²) in [6.45, 7) is 1.65. The molecule has 0 spiro atoms. The van der Waals surface area contributed by atoms with Gasteiger partial charge in [0.2, 0.25) is 11.1 Å². The van der Waals surface area contributed by atoms with Crippen molar-refractivity contribution in [2.75, 3.05) is 0 Å². The first-order valence-corrected chi connectivity index (χ1v) is 7.51. The van der Waals surface area contributed by atoms with Crippen LogP contribution in [0, 0.1) is 0 Å². The number of thioether (sulfide) groups is 1. The lowest BCUT2D eigenvalue weighted by Gasteiger charge is -2.06. The van der Waals surface area contributed by atoms with Crippen LogP contribution in [0.1, 0.15) is 17.6 Å². The SMILES string of the molecule is CC(Sc1n[nH]c(Cc2cccs2)n1)C(=O)NC(N)=O. The number of rotatable bonds is 5. The summed E-state index contributed by atoms with van der Waals surface area (Å²) in [5, 5.41) is 10.8. The number of imide groups is 1. The van der Waals surface area contributed by atoms with Crippen LogP contribution < -0.4 is 11.1 Å². The van der Waals surface area contributed by atoms with Crippen LogP contribution in [-0.2, 0) is 11.2 Å². The molecule has 20 heavy (non-hydrogen) atoms. The van der Waals surface area contributed by atoms with Crippen molar-refractivity contribution in [3.8, 4) is 0 Å².